The minimum atomic E-state index is -0.216. The van der Waals surface area contributed by atoms with Crippen LogP contribution >= 0.6 is 0 Å². The molecule has 4 rings (SSSR count). The smallest absolute Gasteiger partial charge is 0.247 e. The van der Waals surface area contributed by atoms with Crippen molar-refractivity contribution in [2.24, 2.45) is 7.05 Å². The highest BCUT2D eigenvalue weighted by molar-refractivity contribution is 5.98. The van der Waals surface area contributed by atoms with Crippen LogP contribution in [0.2, 0.25) is 0 Å². The maximum Gasteiger partial charge on any atom is 0.247 e. The molecule has 0 atom stereocenters. The van der Waals surface area contributed by atoms with Crippen LogP contribution in [-0.2, 0) is 24.8 Å². The molecular formula is C21H23N7O. The van der Waals surface area contributed by atoms with Crippen LogP contribution in [0.3, 0.4) is 0 Å². The van der Waals surface area contributed by atoms with Crippen LogP contribution < -0.4 is 15.5 Å². The van der Waals surface area contributed by atoms with E-state index in [0.717, 1.165) is 48.0 Å². The molecule has 29 heavy (non-hydrogen) atoms. The monoisotopic (exact) mass is 389 g/mol. The maximum absolute atomic E-state index is 11.4. The molecule has 0 saturated carbocycles. The summed E-state index contributed by atoms with van der Waals surface area (Å²) in [5, 5.41) is 10.2. The zero-order valence-corrected chi connectivity index (χ0v) is 16.5. The lowest BCUT2D eigenvalue weighted by atomic mass is 10.2. The van der Waals surface area contributed by atoms with E-state index in [1.54, 1.807) is 10.9 Å². The van der Waals surface area contributed by atoms with Crippen molar-refractivity contribution in [2.45, 2.75) is 19.9 Å². The van der Waals surface area contributed by atoms with E-state index in [2.05, 4.69) is 32.2 Å². The van der Waals surface area contributed by atoms with E-state index >= 15 is 0 Å². The first kappa shape index (κ1) is 18.7. The second kappa shape index (κ2) is 7.75. The van der Waals surface area contributed by atoms with Crippen molar-refractivity contribution in [3.8, 4) is 0 Å². The third kappa shape index (κ3) is 4.11. The van der Waals surface area contributed by atoms with Gasteiger partial charge >= 0.3 is 0 Å². The van der Waals surface area contributed by atoms with Crippen LogP contribution in [0.1, 0.15) is 16.8 Å². The average Bonchev–Trinajstić information content (AvgIpc) is 3.30. The van der Waals surface area contributed by atoms with Crippen LogP contribution in [0.15, 0.2) is 49.3 Å². The zero-order valence-electron chi connectivity index (χ0n) is 16.5. The summed E-state index contributed by atoms with van der Waals surface area (Å²) in [6.07, 6.45) is 5.82. The molecule has 8 heteroatoms. The normalized spacial score (nSPS) is 12.6. The van der Waals surface area contributed by atoms with Gasteiger partial charge in [0.1, 0.15) is 5.82 Å². The second-order valence-corrected chi connectivity index (χ2v) is 7.02. The molecule has 1 aromatic carbocycles. The van der Waals surface area contributed by atoms with Crippen LogP contribution in [0.25, 0.3) is 0 Å². The highest BCUT2D eigenvalue weighted by Gasteiger charge is 2.24. The zero-order chi connectivity index (χ0) is 20.4. The highest BCUT2D eigenvalue weighted by atomic mass is 16.1. The van der Waals surface area contributed by atoms with Crippen LogP contribution in [0, 0.1) is 6.92 Å². The Morgan fingerprint density at radius 2 is 2.03 bits per heavy atom. The van der Waals surface area contributed by atoms with E-state index in [1.165, 1.54) is 11.6 Å². The SMILES string of the molecule is C=CC(=O)Nc1ccc(CN2CCc3c(C)nc(Nc4cnn(C)c4)nc32)cc1. The van der Waals surface area contributed by atoms with Crippen molar-refractivity contribution in [3.05, 3.63) is 66.1 Å². The van der Waals surface area contributed by atoms with Gasteiger partial charge in [-0.1, -0.05) is 18.7 Å². The third-order valence-electron chi connectivity index (χ3n) is 4.86. The van der Waals surface area contributed by atoms with E-state index in [1.807, 2.05) is 44.4 Å². The van der Waals surface area contributed by atoms with Gasteiger partial charge in [0.15, 0.2) is 0 Å². The van der Waals surface area contributed by atoms with Gasteiger partial charge in [0.05, 0.1) is 11.9 Å². The molecule has 0 bridgehead atoms. The minimum Gasteiger partial charge on any atom is -0.352 e. The molecule has 0 unspecified atom stereocenters. The molecule has 8 nitrogen and oxygen atoms in total. The molecule has 0 fully saturated rings. The maximum atomic E-state index is 11.4. The van der Waals surface area contributed by atoms with E-state index in [-0.39, 0.29) is 5.91 Å². The van der Waals surface area contributed by atoms with Crippen molar-refractivity contribution >= 4 is 29.0 Å². The van der Waals surface area contributed by atoms with E-state index in [4.69, 9.17) is 4.98 Å². The molecule has 2 N–H and O–H groups in total. The summed E-state index contributed by atoms with van der Waals surface area (Å²) < 4.78 is 1.73. The first-order valence-corrected chi connectivity index (χ1v) is 9.42. The number of anilines is 4. The Morgan fingerprint density at radius 1 is 1.24 bits per heavy atom. The fourth-order valence-electron chi connectivity index (χ4n) is 3.42. The number of aryl methyl sites for hydroxylation is 2. The number of hydrogen-bond acceptors (Lipinski definition) is 6. The molecule has 0 saturated heterocycles. The molecule has 2 aromatic heterocycles. The summed E-state index contributed by atoms with van der Waals surface area (Å²) in [5.74, 6) is 1.32. The van der Waals surface area contributed by atoms with Crippen molar-refractivity contribution < 1.29 is 4.79 Å². The predicted octanol–water partition coefficient (Wildman–Crippen LogP) is 2.95. The van der Waals surface area contributed by atoms with Crippen LogP contribution in [-0.4, -0.2) is 32.2 Å². The number of carbonyl (C=O) groups is 1. The summed E-state index contributed by atoms with van der Waals surface area (Å²) in [4.78, 5) is 23.0. The number of carbonyl (C=O) groups excluding carboxylic acids is 1. The average molecular weight is 389 g/mol. The number of amides is 1. The lowest BCUT2D eigenvalue weighted by Crippen LogP contribution is -2.21. The van der Waals surface area contributed by atoms with Gasteiger partial charge in [-0.3, -0.25) is 9.48 Å². The number of rotatable bonds is 6. The minimum absolute atomic E-state index is 0.216. The van der Waals surface area contributed by atoms with Crippen molar-refractivity contribution in [3.63, 3.8) is 0 Å². The quantitative estimate of drug-likeness (QED) is 0.630. The number of benzene rings is 1. The highest BCUT2D eigenvalue weighted by Crippen LogP contribution is 2.31. The van der Waals surface area contributed by atoms with Gasteiger partial charge in [-0.2, -0.15) is 10.1 Å². The molecule has 0 spiro atoms. The number of aromatic nitrogens is 4. The fourth-order valence-corrected chi connectivity index (χ4v) is 3.42. The van der Waals surface area contributed by atoms with Gasteiger partial charge in [0, 0.05) is 43.3 Å². The Labute approximate surface area is 169 Å². The summed E-state index contributed by atoms with van der Waals surface area (Å²) in [5.41, 5.74) is 4.94. The van der Waals surface area contributed by atoms with Crippen LogP contribution in [0.5, 0.6) is 0 Å². The number of nitrogens with one attached hydrogen (secondary N) is 2. The Hall–Kier alpha value is -3.68. The molecule has 0 radical (unpaired) electrons. The Bertz CT molecular complexity index is 1060. The van der Waals surface area contributed by atoms with E-state index in [9.17, 15) is 4.79 Å². The summed E-state index contributed by atoms with van der Waals surface area (Å²) >= 11 is 0. The summed E-state index contributed by atoms with van der Waals surface area (Å²) in [6, 6.07) is 7.82. The van der Waals surface area contributed by atoms with Crippen molar-refractivity contribution in [2.75, 3.05) is 22.1 Å². The summed E-state index contributed by atoms with van der Waals surface area (Å²) in [6.45, 7) is 7.13. The Kier molecular flexibility index (Phi) is 4.99. The molecule has 1 aliphatic heterocycles. The van der Waals surface area contributed by atoms with Crippen LogP contribution in [0.4, 0.5) is 23.1 Å². The lowest BCUT2D eigenvalue weighted by molar-refractivity contribution is -0.111. The summed E-state index contributed by atoms with van der Waals surface area (Å²) in [7, 11) is 1.87. The predicted molar refractivity (Wildman–Crippen MR) is 113 cm³/mol. The number of hydrogen-bond donors (Lipinski definition) is 2. The molecule has 148 valence electrons. The van der Waals surface area contributed by atoms with Gasteiger partial charge in [-0.25, -0.2) is 4.98 Å². The first-order valence-electron chi connectivity index (χ1n) is 9.42. The molecule has 3 aromatic rings. The number of nitrogens with zero attached hydrogens (tertiary/aromatic N) is 5. The molecule has 3 heterocycles. The van der Waals surface area contributed by atoms with Gasteiger partial charge in [0.25, 0.3) is 0 Å². The van der Waals surface area contributed by atoms with Crippen molar-refractivity contribution in [1.82, 2.24) is 19.7 Å². The lowest BCUT2D eigenvalue weighted by Gasteiger charge is -2.19. The molecule has 1 aliphatic rings. The van der Waals surface area contributed by atoms with Gasteiger partial charge < -0.3 is 15.5 Å². The molecule has 1 amide bonds. The van der Waals surface area contributed by atoms with E-state index in [0.29, 0.717) is 5.95 Å². The fraction of sp³-hybridized carbons (Fsp3) is 0.238. The first-order chi connectivity index (χ1) is 14.0. The second-order valence-electron chi connectivity index (χ2n) is 7.02. The molecular weight excluding hydrogens is 366 g/mol. The van der Waals surface area contributed by atoms with Gasteiger partial charge in [-0.05, 0) is 37.1 Å². The van der Waals surface area contributed by atoms with Gasteiger partial charge in [0.2, 0.25) is 11.9 Å². The molecule has 0 aliphatic carbocycles. The Balaban J connectivity index is 1.51. The largest absolute Gasteiger partial charge is 0.352 e. The Morgan fingerprint density at radius 3 is 2.72 bits per heavy atom. The van der Waals surface area contributed by atoms with Gasteiger partial charge in [-0.15, -0.1) is 0 Å². The topological polar surface area (TPSA) is 88.0 Å². The van der Waals surface area contributed by atoms with Crippen molar-refractivity contribution in [1.29, 1.82) is 0 Å². The number of fused-ring (bicyclic) bond motifs is 1. The van der Waals surface area contributed by atoms with E-state index < -0.39 is 0 Å². The standard InChI is InChI=1S/C21H23N7O/c1-4-19(29)24-16-7-5-15(6-8-16)12-28-10-9-18-14(2)23-21(26-20(18)28)25-17-11-22-27(3)13-17/h4-8,11,13H,1,9-10,12H2,2-3H3,(H,24,29)(H,23,25,26). The third-order valence-corrected chi connectivity index (χ3v) is 4.86.